The Labute approximate surface area is 181 Å². The Kier molecular flexibility index (Phi) is 5.19. The van der Waals surface area contributed by atoms with Crippen molar-refractivity contribution >= 4 is 5.91 Å². The molecule has 1 aliphatic carbocycles. The number of aliphatic hydroxyl groups is 1. The predicted octanol–water partition coefficient (Wildman–Crippen LogP) is 3.26. The zero-order valence-electron chi connectivity index (χ0n) is 17.6. The second kappa shape index (κ2) is 8.15. The number of benzene rings is 1. The fourth-order valence-electron chi connectivity index (χ4n) is 4.54. The number of ether oxygens (including phenoxy) is 1. The number of aryl methyl sites for hydroxylation is 1. The van der Waals surface area contributed by atoms with Crippen LogP contribution in [0.1, 0.15) is 52.7 Å². The van der Waals surface area contributed by atoms with Crippen molar-refractivity contribution in [1.29, 1.82) is 0 Å². The molecule has 1 fully saturated rings. The number of hydrogen-bond acceptors (Lipinski definition) is 5. The van der Waals surface area contributed by atoms with Gasteiger partial charge in [-0.25, -0.2) is 9.67 Å². The Balaban J connectivity index is 1.38. The van der Waals surface area contributed by atoms with Crippen LogP contribution in [0.4, 0.5) is 0 Å². The highest BCUT2D eigenvalue weighted by molar-refractivity contribution is 5.98. The lowest BCUT2D eigenvalue weighted by molar-refractivity contribution is -0.0124. The van der Waals surface area contributed by atoms with Crippen LogP contribution in [0, 0.1) is 6.92 Å². The minimum absolute atomic E-state index is 0.0550. The maximum Gasteiger partial charge on any atom is 0.260 e. The van der Waals surface area contributed by atoms with Gasteiger partial charge < -0.3 is 9.84 Å². The summed E-state index contributed by atoms with van der Waals surface area (Å²) in [6, 6.07) is 9.56. The molecule has 3 aromatic rings. The first-order chi connectivity index (χ1) is 15.1. The minimum atomic E-state index is -0.479. The summed E-state index contributed by atoms with van der Waals surface area (Å²) in [4.78, 5) is 19.5. The molecule has 7 nitrogen and oxygen atoms in total. The highest BCUT2D eigenvalue weighted by Crippen LogP contribution is 2.33. The summed E-state index contributed by atoms with van der Waals surface area (Å²) in [5.74, 6) is 1.33. The van der Waals surface area contributed by atoms with Crippen LogP contribution in [0.2, 0.25) is 0 Å². The molecule has 5 rings (SSSR count). The van der Waals surface area contributed by atoms with Crippen molar-refractivity contribution in [1.82, 2.24) is 19.7 Å². The van der Waals surface area contributed by atoms with Crippen LogP contribution in [-0.2, 0) is 6.42 Å². The number of hydrogen-bond donors (Lipinski definition) is 1. The van der Waals surface area contributed by atoms with E-state index in [1.807, 2.05) is 49.6 Å². The molecule has 1 saturated carbocycles. The zero-order chi connectivity index (χ0) is 21.4. The van der Waals surface area contributed by atoms with Crippen molar-refractivity contribution in [2.75, 3.05) is 6.73 Å². The van der Waals surface area contributed by atoms with Crippen LogP contribution in [0.25, 0.3) is 5.82 Å². The number of nitrogens with zero attached hydrogens (tertiary/aromatic N) is 4. The van der Waals surface area contributed by atoms with Gasteiger partial charge in [0.25, 0.3) is 5.91 Å². The summed E-state index contributed by atoms with van der Waals surface area (Å²) in [7, 11) is 0. The molecule has 1 aromatic carbocycles. The fraction of sp³-hybridized carbons (Fsp3) is 0.375. The molecule has 2 aromatic heterocycles. The standard InChI is InChI=1S/C24H26N4O3/c1-16-11-22-19(24(30)27(15-31-22)20-5-2-3-6-21(20)29)13-18(16)12-17-7-8-23(25-14-17)28-10-4-9-26-28/h4,7-11,13-14,20-21,29H,2-3,5-6,12,15H2,1H3/t20-,21-/m1/s1. The van der Waals surface area contributed by atoms with E-state index >= 15 is 0 Å². The van der Waals surface area contributed by atoms with Crippen LogP contribution >= 0.6 is 0 Å². The third kappa shape index (κ3) is 3.81. The normalized spacial score (nSPS) is 21.0. The molecular formula is C24H26N4O3. The van der Waals surface area contributed by atoms with Crippen LogP contribution in [-0.4, -0.2) is 49.6 Å². The summed E-state index contributed by atoms with van der Waals surface area (Å²) >= 11 is 0. The number of carbonyl (C=O) groups is 1. The monoisotopic (exact) mass is 418 g/mol. The summed E-state index contributed by atoms with van der Waals surface area (Å²) in [5, 5.41) is 14.6. The van der Waals surface area contributed by atoms with Crippen LogP contribution in [0.5, 0.6) is 5.75 Å². The topological polar surface area (TPSA) is 80.5 Å². The summed E-state index contributed by atoms with van der Waals surface area (Å²) in [6.45, 7) is 2.23. The number of aliphatic hydroxyl groups excluding tert-OH is 1. The summed E-state index contributed by atoms with van der Waals surface area (Å²) < 4.78 is 7.64. The number of carbonyl (C=O) groups excluding carboxylic acids is 1. The molecule has 1 amide bonds. The molecule has 1 aliphatic heterocycles. The maximum atomic E-state index is 13.3. The molecule has 0 bridgehead atoms. The molecule has 0 saturated heterocycles. The number of rotatable bonds is 4. The van der Waals surface area contributed by atoms with Gasteiger partial charge in [-0.1, -0.05) is 18.9 Å². The molecule has 160 valence electrons. The van der Waals surface area contributed by atoms with Gasteiger partial charge in [-0.3, -0.25) is 9.69 Å². The lowest BCUT2D eigenvalue weighted by Crippen LogP contribution is -2.51. The smallest absolute Gasteiger partial charge is 0.260 e. The molecule has 7 heteroatoms. The van der Waals surface area contributed by atoms with E-state index in [0.717, 1.165) is 48.2 Å². The van der Waals surface area contributed by atoms with E-state index in [9.17, 15) is 9.90 Å². The molecule has 0 unspecified atom stereocenters. The van der Waals surface area contributed by atoms with E-state index in [1.54, 1.807) is 15.8 Å². The van der Waals surface area contributed by atoms with Crippen LogP contribution in [0.15, 0.2) is 48.9 Å². The van der Waals surface area contributed by atoms with Crippen molar-refractivity contribution in [3.05, 3.63) is 71.2 Å². The highest BCUT2D eigenvalue weighted by Gasteiger charge is 2.36. The fourth-order valence-corrected chi connectivity index (χ4v) is 4.54. The SMILES string of the molecule is Cc1cc2c(cc1Cc1ccc(-n3cccn3)nc1)C(=O)N([C@@H]1CCCC[C@H]1O)CO2. The Morgan fingerprint density at radius 1 is 1.23 bits per heavy atom. The maximum absolute atomic E-state index is 13.3. The van der Waals surface area contributed by atoms with Gasteiger partial charge in [0, 0.05) is 18.6 Å². The average molecular weight is 418 g/mol. The highest BCUT2D eigenvalue weighted by atomic mass is 16.5. The van der Waals surface area contributed by atoms with Gasteiger partial charge in [-0.15, -0.1) is 0 Å². The van der Waals surface area contributed by atoms with Gasteiger partial charge >= 0.3 is 0 Å². The minimum Gasteiger partial charge on any atom is -0.472 e. The van der Waals surface area contributed by atoms with Crippen molar-refractivity contribution in [3.63, 3.8) is 0 Å². The molecule has 1 N–H and O–H groups in total. The lowest BCUT2D eigenvalue weighted by Gasteiger charge is -2.39. The first-order valence-corrected chi connectivity index (χ1v) is 10.8. The third-order valence-corrected chi connectivity index (χ3v) is 6.33. The molecular weight excluding hydrogens is 392 g/mol. The third-order valence-electron chi connectivity index (χ3n) is 6.33. The van der Waals surface area contributed by atoms with E-state index in [4.69, 9.17) is 4.74 Å². The zero-order valence-corrected chi connectivity index (χ0v) is 17.6. The van der Waals surface area contributed by atoms with E-state index in [1.165, 1.54) is 0 Å². The van der Waals surface area contributed by atoms with E-state index in [-0.39, 0.29) is 18.7 Å². The molecule has 2 aliphatic rings. The van der Waals surface area contributed by atoms with Crippen molar-refractivity contribution < 1.29 is 14.6 Å². The summed E-state index contributed by atoms with van der Waals surface area (Å²) in [6.07, 6.45) is 9.21. The van der Waals surface area contributed by atoms with E-state index in [2.05, 4.69) is 10.1 Å². The average Bonchev–Trinajstić information content (AvgIpc) is 3.31. The van der Waals surface area contributed by atoms with Gasteiger partial charge in [0.2, 0.25) is 0 Å². The Morgan fingerprint density at radius 2 is 2.10 bits per heavy atom. The number of pyridine rings is 1. The van der Waals surface area contributed by atoms with Gasteiger partial charge in [-0.05, 0) is 67.1 Å². The Hall–Kier alpha value is -3.19. The van der Waals surface area contributed by atoms with Crippen molar-refractivity contribution in [2.45, 2.75) is 51.2 Å². The first-order valence-electron chi connectivity index (χ1n) is 10.8. The largest absolute Gasteiger partial charge is 0.472 e. The molecule has 0 spiro atoms. The molecule has 0 radical (unpaired) electrons. The van der Waals surface area contributed by atoms with Crippen LogP contribution in [0.3, 0.4) is 0 Å². The summed E-state index contributed by atoms with van der Waals surface area (Å²) in [5.41, 5.74) is 3.78. The van der Waals surface area contributed by atoms with E-state index < -0.39 is 6.10 Å². The molecule has 2 atom stereocenters. The Morgan fingerprint density at radius 3 is 2.84 bits per heavy atom. The van der Waals surface area contributed by atoms with Crippen molar-refractivity contribution in [2.24, 2.45) is 0 Å². The number of fused-ring (bicyclic) bond motifs is 1. The molecule has 31 heavy (non-hydrogen) atoms. The lowest BCUT2D eigenvalue weighted by atomic mass is 9.90. The number of amides is 1. The number of aromatic nitrogens is 3. The quantitative estimate of drug-likeness (QED) is 0.703. The predicted molar refractivity (Wildman–Crippen MR) is 115 cm³/mol. The van der Waals surface area contributed by atoms with Crippen LogP contribution < -0.4 is 4.74 Å². The molecule has 3 heterocycles. The Bertz CT molecular complexity index is 1080. The van der Waals surface area contributed by atoms with Gasteiger partial charge in [0.1, 0.15) is 5.75 Å². The second-order valence-electron chi connectivity index (χ2n) is 8.39. The second-order valence-corrected chi connectivity index (χ2v) is 8.39. The van der Waals surface area contributed by atoms with Gasteiger partial charge in [-0.2, -0.15) is 5.10 Å². The first kappa shape index (κ1) is 19.8. The van der Waals surface area contributed by atoms with Gasteiger partial charge in [0.15, 0.2) is 12.5 Å². The van der Waals surface area contributed by atoms with Crippen molar-refractivity contribution in [3.8, 4) is 11.6 Å². The van der Waals surface area contributed by atoms with E-state index in [0.29, 0.717) is 17.7 Å². The van der Waals surface area contributed by atoms with Gasteiger partial charge in [0.05, 0.1) is 17.7 Å².